The van der Waals surface area contributed by atoms with Crippen LogP contribution in [0.4, 0.5) is 8.78 Å². The Labute approximate surface area is 98.4 Å². The first-order chi connectivity index (χ1) is 7.54. The van der Waals surface area contributed by atoms with Crippen LogP contribution in [0.1, 0.15) is 18.9 Å². The van der Waals surface area contributed by atoms with Crippen LogP contribution in [0.15, 0.2) is 18.2 Å². The Morgan fingerprint density at radius 2 is 2.12 bits per heavy atom. The molecule has 0 fully saturated rings. The molecule has 0 heterocycles. The molecule has 0 aliphatic heterocycles. The molecule has 1 atom stereocenters. The van der Waals surface area contributed by atoms with Crippen molar-refractivity contribution in [2.75, 3.05) is 5.88 Å². The first-order valence-corrected chi connectivity index (χ1v) is 5.58. The molecule has 88 valence electrons. The van der Waals surface area contributed by atoms with Crippen LogP contribution in [0.3, 0.4) is 0 Å². The second kappa shape index (κ2) is 5.94. The number of ketones is 1. The molecule has 0 bridgehead atoms. The number of halogens is 3. The van der Waals surface area contributed by atoms with Crippen LogP contribution in [0.2, 0.25) is 0 Å². The topological polar surface area (TPSA) is 17.1 Å². The third-order valence-corrected chi connectivity index (χ3v) is 2.72. The zero-order valence-corrected chi connectivity index (χ0v) is 9.73. The van der Waals surface area contributed by atoms with E-state index in [-0.39, 0.29) is 23.7 Å². The maximum absolute atomic E-state index is 13.3. The van der Waals surface area contributed by atoms with Crippen LogP contribution in [-0.2, 0) is 11.2 Å². The van der Waals surface area contributed by atoms with E-state index in [0.29, 0.717) is 12.3 Å². The zero-order chi connectivity index (χ0) is 12.1. The highest BCUT2D eigenvalue weighted by molar-refractivity contribution is 6.18. The van der Waals surface area contributed by atoms with Gasteiger partial charge in [0, 0.05) is 11.8 Å². The van der Waals surface area contributed by atoms with Crippen molar-refractivity contribution in [2.45, 2.75) is 19.8 Å². The van der Waals surface area contributed by atoms with Gasteiger partial charge in [0.2, 0.25) is 0 Å². The van der Waals surface area contributed by atoms with Gasteiger partial charge >= 0.3 is 0 Å². The van der Waals surface area contributed by atoms with Gasteiger partial charge in [-0.1, -0.05) is 0 Å². The van der Waals surface area contributed by atoms with E-state index in [1.807, 2.05) is 0 Å². The molecule has 0 saturated heterocycles. The van der Waals surface area contributed by atoms with E-state index in [2.05, 4.69) is 0 Å². The Hall–Kier alpha value is -0.960. The molecule has 0 spiro atoms. The summed E-state index contributed by atoms with van der Waals surface area (Å²) in [5.41, 5.74) is 0.227. The lowest BCUT2D eigenvalue weighted by atomic mass is 9.93. The lowest BCUT2D eigenvalue weighted by Gasteiger charge is -2.12. The fourth-order valence-electron chi connectivity index (χ4n) is 1.55. The van der Waals surface area contributed by atoms with E-state index in [1.54, 1.807) is 0 Å². The van der Waals surface area contributed by atoms with E-state index < -0.39 is 11.6 Å². The van der Waals surface area contributed by atoms with E-state index >= 15 is 0 Å². The van der Waals surface area contributed by atoms with Gasteiger partial charge in [-0.3, -0.25) is 4.79 Å². The number of carbonyl (C=O) groups excluding carboxylic acids is 1. The molecule has 16 heavy (non-hydrogen) atoms. The van der Waals surface area contributed by atoms with Crippen LogP contribution in [0.5, 0.6) is 0 Å². The quantitative estimate of drug-likeness (QED) is 0.729. The normalized spacial score (nSPS) is 12.5. The van der Waals surface area contributed by atoms with Gasteiger partial charge in [0.1, 0.15) is 17.4 Å². The Balaban J connectivity index is 2.84. The maximum atomic E-state index is 13.3. The molecule has 1 aromatic rings. The molecule has 1 rings (SSSR count). The molecule has 0 N–H and O–H groups in total. The van der Waals surface area contributed by atoms with Crippen LogP contribution >= 0.6 is 11.6 Å². The van der Waals surface area contributed by atoms with Crippen molar-refractivity contribution in [3.05, 3.63) is 35.4 Å². The molecule has 0 aliphatic rings. The average molecular weight is 247 g/mol. The second-order valence-corrected chi connectivity index (χ2v) is 4.10. The molecular weight excluding hydrogens is 234 g/mol. The van der Waals surface area contributed by atoms with Crippen molar-refractivity contribution in [2.24, 2.45) is 5.92 Å². The number of rotatable bonds is 5. The number of benzene rings is 1. The summed E-state index contributed by atoms with van der Waals surface area (Å²) in [6, 6.07) is 3.26. The summed E-state index contributed by atoms with van der Waals surface area (Å²) < 4.78 is 26.2. The first-order valence-electron chi connectivity index (χ1n) is 5.05. The fraction of sp³-hybridized carbons (Fsp3) is 0.417. The fourth-order valence-corrected chi connectivity index (χ4v) is 1.81. The predicted octanol–water partition coefficient (Wildman–Crippen LogP) is 3.34. The minimum atomic E-state index is -0.496. The summed E-state index contributed by atoms with van der Waals surface area (Å²) in [7, 11) is 0. The minimum absolute atomic E-state index is 0.0516. The van der Waals surface area contributed by atoms with E-state index in [1.165, 1.54) is 6.92 Å². The highest BCUT2D eigenvalue weighted by atomic mass is 35.5. The maximum Gasteiger partial charge on any atom is 0.133 e. The van der Waals surface area contributed by atoms with Crippen molar-refractivity contribution in [1.29, 1.82) is 0 Å². The number of hydrogen-bond donors (Lipinski definition) is 0. The minimum Gasteiger partial charge on any atom is -0.300 e. The number of carbonyl (C=O) groups is 1. The molecule has 1 unspecified atom stereocenters. The molecule has 1 aromatic carbocycles. The van der Waals surface area contributed by atoms with E-state index in [4.69, 9.17) is 11.6 Å². The van der Waals surface area contributed by atoms with Gasteiger partial charge < -0.3 is 0 Å². The SMILES string of the molecule is CC(=O)C(CCCl)Cc1cc(F)ccc1F. The summed E-state index contributed by atoms with van der Waals surface area (Å²) >= 11 is 5.56. The number of hydrogen-bond acceptors (Lipinski definition) is 1. The van der Waals surface area contributed by atoms with Crippen molar-refractivity contribution < 1.29 is 13.6 Å². The summed E-state index contributed by atoms with van der Waals surface area (Å²) in [6.45, 7) is 1.44. The van der Waals surface area contributed by atoms with Gasteiger partial charge in [-0.05, 0) is 43.5 Å². The van der Waals surface area contributed by atoms with Crippen LogP contribution < -0.4 is 0 Å². The highest BCUT2D eigenvalue weighted by Crippen LogP contribution is 2.18. The smallest absolute Gasteiger partial charge is 0.133 e. The molecule has 0 amide bonds. The third kappa shape index (κ3) is 3.56. The predicted molar refractivity (Wildman–Crippen MR) is 59.6 cm³/mol. The molecule has 0 radical (unpaired) electrons. The standard InChI is InChI=1S/C12H13ClF2O/c1-8(16)9(4-5-13)6-10-7-11(14)2-3-12(10)15/h2-3,7,9H,4-6H2,1H3. The van der Waals surface area contributed by atoms with Crippen LogP contribution in [0, 0.1) is 17.6 Å². The average Bonchev–Trinajstić information content (AvgIpc) is 2.22. The van der Waals surface area contributed by atoms with Gasteiger partial charge in [0.25, 0.3) is 0 Å². The van der Waals surface area contributed by atoms with Crippen molar-refractivity contribution >= 4 is 17.4 Å². The van der Waals surface area contributed by atoms with Gasteiger partial charge in [-0.2, -0.15) is 0 Å². The molecular formula is C12H13ClF2O. The Morgan fingerprint density at radius 1 is 1.44 bits per heavy atom. The third-order valence-electron chi connectivity index (χ3n) is 2.51. The number of Topliss-reactive ketones (excluding diaryl/α,β-unsaturated/α-hetero) is 1. The van der Waals surface area contributed by atoms with Gasteiger partial charge in [0.05, 0.1) is 0 Å². The van der Waals surface area contributed by atoms with E-state index in [9.17, 15) is 13.6 Å². The highest BCUT2D eigenvalue weighted by Gasteiger charge is 2.16. The summed E-state index contributed by atoms with van der Waals surface area (Å²) in [5, 5.41) is 0. The second-order valence-electron chi connectivity index (χ2n) is 3.73. The van der Waals surface area contributed by atoms with Gasteiger partial charge in [-0.15, -0.1) is 11.6 Å². The molecule has 1 nitrogen and oxygen atoms in total. The number of alkyl halides is 1. The summed E-state index contributed by atoms with van der Waals surface area (Å²) in [4.78, 5) is 11.3. The lowest BCUT2D eigenvalue weighted by molar-refractivity contribution is -0.120. The molecule has 0 aromatic heterocycles. The van der Waals surface area contributed by atoms with Crippen LogP contribution in [0.25, 0.3) is 0 Å². The summed E-state index contributed by atoms with van der Waals surface area (Å²) in [6.07, 6.45) is 0.679. The van der Waals surface area contributed by atoms with Crippen LogP contribution in [-0.4, -0.2) is 11.7 Å². The molecule has 0 saturated carbocycles. The van der Waals surface area contributed by atoms with Crippen molar-refractivity contribution in [3.63, 3.8) is 0 Å². The first kappa shape index (κ1) is 13.1. The van der Waals surface area contributed by atoms with E-state index in [0.717, 1.165) is 18.2 Å². The zero-order valence-electron chi connectivity index (χ0n) is 8.97. The summed E-state index contributed by atoms with van der Waals surface area (Å²) in [5.74, 6) is -1.04. The van der Waals surface area contributed by atoms with Crippen molar-refractivity contribution in [3.8, 4) is 0 Å². The Bertz CT molecular complexity index is 379. The van der Waals surface area contributed by atoms with Gasteiger partial charge in [0.15, 0.2) is 0 Å². The largest absolute Gasteiger partial charge is 0.300 e. The van der Waals surface area contributed by atoms with Gasteiger partial charge in [-0.25, -0.2) is 8.78 Å². The molecule has 4 heteroatoms. The molecule has 0 aliphatic carbocycles. The Morgan fingerprint density at radius 3 is 2.69 bits per heavy atom. The Kier molecular flexibility index (Phi) is 4.87. The monoisotopic (exact) mass is 246 g/mol. The van der Waals surface area contributed by atoms with Crippen molar-refractivity contribution in [1.82, 2.24) is 0 Å². The lowest BCUT2D eigenvalue weighted by Crippen LogP contribution is -2.15.